The molecule has 6 nitrogen and oxygen atoms in total. The van der Waals surface area contributed by atoms with Crippen LogP contribution in [0.25, 0.3) is 17.2 Å². The van der Waals surface area contributed by atoms with Crippen LogP contribution in [-0.2, 0) is 14.3 Å². The van der Waals surface area contributed by atoms with Crippen molar-refractivity contribution in [1.29, 1.82) is 0 Å². The number of benzene rings is 2. The Balaban J connectivity index is 2.30. The molecule has 0 heterocycles. The summed E-state index contributed by atoms with van der Waals surface area (Å²) in [4.78, 5) is 34.7. The van der Waals surface area contributed by atoms with Gasteiger partial charge in [-0.25, -0.2) is 4.79 Å². The molecule has 2 aromatic rings. The van der Waals surface area contributed by atoms with Crippen molar-refractivity contribution >= 4 is 23.5 Å². The maximum absolute atomic E-state index is 12.1. The number of para-hydroxylation sites is 1. The average molecular weight is 367 g/mol. The molecule has 0 aliphatic heterocycles. The van der Waals surface area contributed by atoms with Gasteiger partial charge in [0.05, 0.1) is 17.1 Å². The zero-order valence-corrected chi connectivity index (χ0v) is 15.5. The lowest BCUT2D eigenvalue weighted by Gasteiger charge is -2.08. The average Bonchev–Trinajstić information content (AvgIpc) is 2.64. The van der Waals surface area contributed by atoms with Gasteiger partial charge in [-0.2, -0.15) is 0 Å². The molecule has 2 rings (SSSR count). The van der Waals surface area contributed by atoms with E-state index in [1.807, 2.05) is 13.8 Å². The van der Waals surface area contributed by atoms with Crippen LogP contribution in [0.15, 0.2) is 54.1 Å². The third kappa shape index (κ3) is 5.34. The summed E-state index contributed by atoms with van der Waals surface area (Å²) in [5.41, 5.74) is 1.79. The maximum Gasteiger partial charge on any atom is 0.341 e. The predicted molar refractivity (Wildman–Crippen MR) is 103 cm³/mol. The maximum atomic E-state index is 12.1. The molecule has 2 aromatic carbocycles. The van der Waals surface area contributed by atoms with Gasteiger partial charge in [0.25, 0.3) is 5.69 Å². The van der Waals surface area contributed by atoms with Gasteiger partial charge < -0.3 is 4.74 Å². The highest BCUT2D eigenvalue weighted by atomic mass is 16.6. The number of ether oxygens (including phenoxy) is 1. The molecule has 0 bridgehead atoms. The van der Waals surface area contributed by atoms with Crippen molar-refractivity contribution in [3.63, 3.8) is 0 Å². The third-order valence-corrected chi connectivity index (χ3v) is 3.78. The standard InChI is InChI=1S/C21H21NO5/c1-14(2)13-27-21(24)19(15(3)23)12-16-8-10-17(11-9-16)18-6-4-5-7-20(18)22(25)26/h4-12,14H,13H2,1-3H3/b19-12+. The number of nitro benzene ring substituents is 1. The van der Waals surface area contributed by atoms with Gasteiger partial charge in [-0.3, -0.25) is 14.9 Å². The number of Topliss-reactive ketones (excluding diaryl/α,β-unsaturated/α-hetero) is 1. The highest BCUT2D eigenvalue weighted by molar-refractivity contribution is 6.19. The minimum atomic E-state index is -0.654. The Kier molecular flexibility index (Phi) is 6.60. The van der Waals surface area contributed by atoms with E-state index in [0.717, 1.165) is 0 Å². The van der Waals surface area contributed by atoms with E-state index in [1.54, 1.807) is 42.5 Å². The Morgan fingerprint density at radius 1 is 1.11 bits per heavy atom. The number of esters is 1. The molecule has 140 valence electrons. The van der Waals surface area contributed by atoms with E-state index >= 15 is 0 Å². The number of hydrogen-bond donors (Lipinski definition) is 0. The fraction of sp³-hybridized carbons (Fsp3) is 0.238. The van der Waals surface area contributed by atoms with Crippen LogP contribution < -0.4 is 0 Å². The lowest BCUT2D eigenvalue weighted by Crippen LogP contribution is -2.16. The Labute approximate surface area is 157 Å². The van der Waals surface area contributed by atoms with Crippen molar-refractivity contribution in [3.05, 3.63) is 69.8 Å². The number of nitrogens with zero attached hydrogens (tertiary/aromatic N) is 1. The van der Waals surface area contributed by atoms with Gasteiger partial charge in [-0.1, -0.05) is 50.2 Å². The normalized spacial score (nSPS) is 11.3. The lowest BCUT2D eigenvalue weighted by atomic mass is 10.0. The Morgan fingerprint density at radius 2 is 1.74 bits per heavy atom. The molecule has 0 atom stereocenters. The molecule has 0 aliphatic carbocycles. The first-order valence-corrected chi connectivity index (χ1v) is 8.53. The highest BCUT2D eigenvalue weighted by Gasteiger charge is 2.17. The summed E-state index contributed by atoms with van der Waals surface area (Å²) >= 11 is 0. The van der Waals surface area contributed by atoms with Crippen molar-refractivity contribution in [3.8, 4) is 11.1 Å². The van der Waals surface area contributed by atoms with Crippen LogP contribution in [0, 0.1) is 16.0 Å². The second kappa shape index (κ2) is 8.89. The fourth-order valence-corrected chi connectivity index (χ4v) is 2.43. The number of carbonyl (C=O) groups is 2. The molecule has 0 unspecified atom stereocenters. The van der Waals surface area contributed by atoms with Gasteiger partial charge in [0.2, 0.25) is 0 Å². The summed E-state index contributed by atoms with van der Waals surface area (Å²) in [6.45, 7) is 5.36. The van der Waals surface area contributed by atoms with Crippen LogP contribution in [0.4, 0.5) is 5.69 Å². The molecular weight excluding hydrogens is 346 g/mol. The summed E-state index contributed by atoms with van der Waals surface area (Å²) in [7, 11) is 0. The van der Waals surface area contributed by atoms with Crippen LogP contribution in [-0.4, -0.2) is 23.3 Å². The van der Waals surface area contributed by atoms with E-state index in [0.29, 0.717) is 16.7 Å². The van der Waals surface area contributed by atoms with Crippen LogP contribution in [0.3, 0.4) is 0 Å². The second-order valence-corrected chi connectivity index (χ2v) is 6.50. The van der Waals surface area contributed by atoms with Crippen molar-refractivity contribution in [1.82, 2.24) is 0 Å². The molecule has 0 N–H and O–H groups in total. The highest BCUT2D eigenvalue weighted by Crippen LogP contribution is 2.29. The number of nitro groups is 1. The number of ketones is 1. The molecule has 0 aromatic heterocycles. The Hall–Kier alpha value is -3.28. The molecule has 6 heteroatoms. The van der Waals surface area contributed by atoms with Gasteiger partial charge in [0, 0.05) is 6.07 Å². The summed E-state index contributed by atoms with van der Waals surface area (Å²) < 4.78 is 5.13. The first-order chi connectivity index (χ1) is 12.8. The number of hydrogen-bond acceptors (Lipinski definition) is 5. The molecule has 0 saturated heterocycles. The van der Waals surface area contributed by atoms with Gasteiger partial charge in [0.1, 0.15) is 5.57 Å². The van der Waals surface area contributed by atoms with Crippen LogP contribution >= 0.6 is 0 Å². The number of rotatable bonds is 7. The van der Waals surface area contributed by atoms with Crippen LogP contribution in [0.1, 0.15) is 26.3 Å². The fourth-order valence-electron chi connectivity index (χ4n) is 2.43. The Morgan fingerprint density at radius 3 is 2.30 bits per heavy atom. The topological polar surface area (TPSA) is 86.5 Å². The summed E-state index contributed by atoms with van der Waals surface area (Å²) in [5.74, 6) is -0.867. The second-order valence-electron chi connectivity index (χ2n) is 6.50. The summed E-state index contributed by atoms with van der Waals surface area (Å²) in [6, 6.07) is 13.3. The van der Waals surface area contributed by atoms with E-state index in [-0.39, 0.29) is 29.6 Å². The molecule has 0 amide bonds. The van der Waals surface area contributed by atoms with Gasteiger partial charge in [0.15, 0.2) is 5.78 Å². The lowest BCUT2D eigenvalue weighted by molar-refractivity contribution is -0.384. The van der Waals surface area contributed by atoms with Crippen molar-refractivity contribution < 1.29 is 19.2 Å². The van der Waals surface area contributed by atoms with E-state index < -0.39 is 10.9 Å². The SMILES string of the molecule is CC(=O)/C(=C\c1ccc(-c2ccccc2[N+](=O)[O-])cc1)C(=O)OCC(C)C. The quantitative estimate of drug-likeness (QED) is 0.180. The first-order valence-electron chi connectivity index (χ1n) is 8.53. The van der Waals surface area contributed by atoms with Gasteiger partial charge in [-0.05, 0) is 36.1 Å². The van der Waals surface area contributed by atoms with Crippen LogP contribution in [0.2, 0.25) is 0 Å². The van der Waals surface area contributed by atoms with Gasteiger partial charge >= 0.3 is 5.97 Å². The Bertz CT molecular complexity index is 882. The molecule has 0 aliphatic rings. The van der Waals surface area contributed by atoms with Crippen LogP contribution in [0.5, 0.6) is 0 Å². The van der Waals surface area contributed by atoms with E-state index in [4.69, 9.17) is 4.74 Å². The molecular formula is C21H21NO5. The predicted octanol–water partition coefficient (Wildman–Crippen LogP) is 4.43. The zero-order chi connectivity index (χ0) is 20.0. The monoisotopic (exact) mass is 367 g/mol. The van der Waals surface area contributed by atoms with Crippen molar-refractivity contribution in [2.45, 2.75) is 20.8 Å². The minimum absolute atomic E-state index is 0.0162. The first kappa shape index (κ1) is 20.0. The molecule has 0 spiro atoms. The van der Waals surface area contributed by atoms with Crippen molar-refractivity contribution in [2.24, 2.45) is 5.92 Å². The molecule has 0 saturated carbocycles. The van der Waals surface area contributed by atoms with E-state index in [9.17, 15) is 19.7 Å². The molecule has 27 heavy (non-hydrogen) atoms. The number of carbonyl (C=O) groups excluding carboxylic acids is 2. The smallest absolute Gasteiger partial charge is 0.341 e. The third-order valence-electron chi connectivity index (χ3n) is 3.78. The summed E-state index contributed by atoms with van der Waals surface area (Å²) in [5, 5.41) is 11.2. The largest absolute Gasteiger partial charge is 0.462 e. The summed E-state index contributed by atoms with van der Waals surface area (Å²) in [6.07, 6.45) is 1.47. The molecule has 0 radical (unpaired) electrons. The molecule has 0 fully saturated rings. The van der Waals surface area contributed by atoms with Gasteiger partial charge in [-0.15, -0.1) is 0 Å². The van der Waals surface area contributed by atoms with Crippen molar-refractivity contribution in [2.75, 3.05) is 6.61 Å². The van der Waals surface area contributed by atoms with E-state index in [2.05, 4.69) is 0 Å². The zero-order valence-electron chi connectivity index (χ0n) is 15.5. The van der Waals surface area contributed by atoms with E-state index in [1.165, 1.54) is 19.1 Å². The minimum Gasteiger partial charge on any atom is -0.462 e.